The van der Waals surface area contributed by atoms with Gasteiger partial charge in [0, 0.05) is 4.47 Å². The van der Waals surface area contributed by atoms with E-state index in [1.807, 2.05) is 31.2 Å². The number of hydrogen-bond donors (Lipinski definition) is 1. The van der Waals surface area contributed by atoms with Gasteiger partial charge < -0.3 is 5.11 Å². The van der Waals surface area contributed by atoms with E-state index in [-0.39, 0.29) is 6.10 Å². The van der Waals surface area contributed by atoms with E-state index in [4.69, 9.17) is 0 Å². The van der Waals surface area contributed by atoms with Crippen molar-refractivity contribution < 1.29 is 5.11 Å². The predicted molar refractivity (Wildman–Crippen MR) is 54.1 cm³/mol. The van der Waals surface area contributed by atoms with Crippen molar-refractivity contribution in [2.24, 2.45) is 0 Å². The number of hydrogen-bond acceptors (Lipinski definition) is 1. The fraction of sp³-hybridized carbons (Fsp3) is 0.400. The van der Waals surface area contributed by atoms with Gasteiger partial charge in [0.05, 0.1) is 6.10 Å². The Kier molecular flexibility index (Phi) is 3.76. The zero-order valence-corrected chi connectivity index (χ0v) is 8.71. The van der Waals surface area contributed by atoms with Crippen LogP contribution in [0.1, 0.15) is 18.9 Å². The van der Waals surface area contributed by atoms with Gasteiger partial charge in [-0.1, -0.05) is 35.0 Å². The van der Waals surface area contributed by atoms with Gasteiger partial charge in [-0.25, -0.2) is 0 Å². The number of halogens is 1. The van der Waals surface area contributed by atoms with Gasteiger partial charge in [-0.15, -0.1) is 0 Å². The van der Waals surface area contributed by atoms with Gasteiger partial charge in [0.2, 0.25) is 0 Å². The minimum atomic E-state index is -0.209. The number of aliphatic hydroxyl groups is 1. The summed E-state index contributed by atoms with van der Waals surface area (Å²) in [6.07, 6.45) is 1.35. The SMILES string of the molecule is CC[C@H](O)Cc1cccc(Br)c1. The van der Waals surface area contributed by atoms with Crippen molar-refractivity contribution >= 4 is 15.9 Å². The molecule has 1 atom stereocenters. The lowest BCUT2D eigenvalue weighted by molar-refractivity contribution is 0.171. The first-order valence-corrected chi connectivity index (χ1v) is 4.94. The van der Waals surface area contributed by atoms with Gasteiger partial charge in [0.25, 0.3) is 0 Å². The Balaban J connectivity index is 2.63. The monoisotopic (exact) mass is 228 g/mol. The summed E-state index contributed by atoms with van der Waals surface area (Å²) in [7, 11) is 0. The maximum atomic E-state index is 9.39. The first-order valence-electron chi connectivity index (χ1n) is 4.15. The summed E-state index contributed by atoms with van der Waals surface area (Å²) >= 11 is 3.39. The highest BCUT2D eigenvalue weighted by Gasteiger charge is 2.01. The van der Waals surface area contributed by atoms with E-state index in [0.717, 1.165) is 17.3 Å². The molecule has 0 aliphatic heterocycles. The summed E-state index contributed by atoms with van der Waals surface area (Å²) in [6.45, 7) is 1.99. The maximum Gasteiger partial charge on any atom is 0.0577 e. The predicted octanol–water partition coefficient (Wildman–Crippen LogP) is 2.76. The molecule has 1 nitrogen and oxygen atoms in total. The van der Waals surface area contributed by atoms with Crippen LogP contribution in [-0.2, 0) is 6.42 Å². The third-order valence-corrected chi connectivity index (χ3v) is 2.32. The van der Waals surface area contributed by atoms with Gasteiger partial charge in [-0.05, 0) is 30.5 Å². The van der Waals surface area contributed by atoms with Gasteiger partial charge in [-0.3, -0.25) is 0 Å². The molecule has 66 valence electrons. The Morgan fingerprint density at radius 3 is 2.83 bits per heavy atom. The molecule has 1 rings (SSSR count). The summed E-state index contributed by atoms with van der Waals surface area (Å²) in [5.41, 5.74) is 1.18. The van der Waals surface area contributed by atoms with E-state index in [2.05, 4.69) is 15.9 Å². The molecule has 12 heavy (non-hydrogen) atoms. The fourth-order valence-electron chi connectivity index (χ4n) is 1.08. The van der Waals surface area contributed by atoms with Crippen LogP contribution in [0.25, 0.3) is 0 Å². The van der Waals surface area contributed by atoms with Crippen molar-refractivity contribution in [3.05, 3.63) is 34.3 Å². The van der Waals surface area contributed by atoms with E-state index < -0.39 is 0 Å². The second kappa shape index (κ2) is 4.63. The highest BCUT2D eigenvalue weighted by molar-refractivity contribution is 9.10. The van der Waals surface area contributed by atoms with E-state index in [1.54, 1.807) is 0 Å². The molecule has 0 fully saturated rings. The number of rotatable bonds is 3. The lowest BCUT2D eigenvalue weighted by Crippen LogP contribution is -2.07. The quantitative estimate of drug-likeness (QED) is 0.844. The zero-order chi connectivity index (χ0) is 8.97. The highest BCUT2D eigenvalue weighted by Crippen LogP contribution is 2.13. The molecule has 2 heteroatoms. The number of aliphatic hydroxyl groups excluding tert-OH is 1. The lowest BCUT2D eigenvalue weighted by atomic mass is 10.1. The summed E-state index contributed by atoms with van der Waals surface area (Å²) in [5.74, 6) is 0. The highest BCUT2D eigenvalue weighted by atomic mass is 79.9. The molecule has 0 unspecified atom stereocenters. The fourth-order valence-corrected chi connectivity index (χ4v) is 1.53. The molecule has 0 radical (unpaired) electrons. The normalized spacial score (nSPS) is 12.9. The van der Waals surface area contributed by atoms with Crippen LogP contribution in [-0.4, -0.2) is 11.2 Å². The van der Waals surface area contributed by atoms with Gasteiger partial charge in [-0.2, -0.15) is 0 Å². The van der Waals surface area contributed by atoms with E-state index in [9.17, 15) is 5.11 Å². The maximum absolute atomic E-state index is 9.39. The molecule has 1 aromatic rings. The molecular formula is C10H13BrO. The first kappa shape index (κ1) is 9.75. The van der Waals surface area contributed by atoms with Crippen molar-refractivity contribution in [2.75, 3.05) is 0 Å². The van der Waals surface area contributed by atoms with Crippen LogP contribution in [0, 0.1) is 0 Å². The van der Waals surface area contributed by atoms with Crippen molar-refractivity contribution in [3.8, 4) is 0 Å². The molecule has 0 spiro atoms. The molecule has 1 N–H and O–H groups in total. The molecule has 0 heterocycles. The van der Waals surface area contributed by atoms with E-state index in [1.165, 1.54) is 5.56 Å². The van der Waals surface area contributed by atoms with Gasteiger partial charge in [0.1, 0.15) is 0 Å². The Labute approximate surface area is 81.6 Å². The average Bonchev–Trinajstić information content (AvgIpc) is 2.04. The van der Waals surface area contributed by atoms with Crippen LogP contribution in [0.4, 0.5) is 0 Å². The Morgan fingerprint density at radius 1 is 1.50 bits per heavy atom. The zero-order valence-electron chi connectivity index (χ0n) is 7.13. The molecule has 0 aromatic heterocycles. The smallest absolute Gasteiger partial charge is 0.0577 e. The standard InChI is InChI=1S/C10H13BrO/c1-2-10(12)7-8-4-3-5-9(11)6-8/h3-6,10,12H,2,7H2,1H3/t10-/m0/s1. The van der Waals surface area contributed by atoms with Crippen LogP contribution in [0.15, 0.2) is 28.7 Å². The minimum Gasteiger partial charge on any atom is -0.393 e. The third kappa shape index (κ3) is 2.95. The van der Waals surface area contributed by atoms with Crippen molar-refractivity contribution in [1.29, 1.82) is 0 Å². The first-order chi connectivity index (χ1) is 5.72. The number of benzene rings is 1. The topological polar surface area (TPSA) is 20.2 Å². The second-order valence-electron chi connectivity index (χ2n) is 2.90. The summed E-state index contributed by atoms with van der Waals surface area (Å²) in [4.78, 5) is 0. The lowest BCUT2D eigenvalue weighted by Gasteiger charge is -2.07. The molecular weight excluding hydrogens is 216 g/mol. The molecule has 1 aromatic carbocycles. The summed E-state index contributed by atoms with van der Waals surface area (Å²) in [5, 5.41) is 9.39. The molecule has 0 aliphatic rings. The Morgan fingerprint density at radius 2 is 2.25 bits per heavy atom. The van der Waals surface area contributed by atoms with Crippen LogP contribution in [0.2, 0.25) is 0 Å². The van der Waals surface area contributed by atoms with Gasteiger partial charge in [0.15, 0.2) is 0 Å². The average molecular weight is 229 g/mol. The Bertz CT molecular complexity index is 247. The Hall–Kier alpha value is -0.340. The van der Waals surface area contributed by atoms with Gasteiger partial charge >= 0.3 is 0 Å². The second-order valence-corrected chi connectivity index (χ2v) is 3.81. The molecule has 0 amide bonds. The summed E-state index contributed by atoms with van der Waals surface area (Å²) < 4.78 is 1.07. The molecule has 0 saturated carbocycles. The molecule has 0 saturated heterocycles. The third-order valence-electron chi connectivity index (χ3n) is 1.83. The van der Waals surface area contributed by atoms with Crippen LogP contribution >= 0.6 is 15.9 Å². The van der Waals surface area contributed by atoms with Crippen LogP contribution in [0.3, 0.4) is 0 Å². The van der Waals surface area contributed by atoms with Crippen LogP contribution < -0.4 is 0 Å². The van der Waals surface area contributed by atoms with E-state index >= 15 is 0 Å². The molecule has 0 aliphatic carbocycles. The summed E-state index contributed by atoms with van der Waals surface area (Å²) in [6, 6.07) is 8.05. The van der Waals surface area contributed by atoms with Crippen molar-refractivity contribution in [2.45, 2.75) is 25.9 Å². The van der Waals surface area contributed by atoms with E-state index in [0.29, 0.717) is 0 Å². The molecule has 0 bridgehead atoms. The van der Waals surface area contributed by atoms with Crippen molar-refractivity contribution in [3.63, 3.8) is 0 Å². The van der Waals surface area contributed by atoms with Crippen molar-refractivity contribution in [1.82, 2.24) is 0 Å². The largest absolute Gasteiger partial charge is 0.393 e. The minimum absolute atomic E-state index is 0.209. The van der Waals surface area contributed by atoms with Crippen LogP contribution in [0.5, 0.6) is 0 Å².